The van der Waals surface area contributed by atoms with E-state index in [-0.39, 0.29) is 48.9 Å². The normalized spacial score (nSPS) is 45.5. The summed E-state index contributed by atoms with van der Waals surface area (Å²) >= 11 is 0. The first-order valence-electron chi connectivity index (χ1n) is 13.1. The number of carbonyl (C=O) groups excluding carboxylic acids is 2. The number of esters is 2. The van der Waals surface area contributed by atoms with E-state index in [4.69, 9.17) is 23.7 Å². The standard InChI is InChI=1S/C26H38O12/c1-4-13-15-6-20(29)34-9-16-12(3)18(28)5-14(16)11(2)8-35-24(33)17(15)10-36-25(13)38-26-23(32)22(31)21(30)19(7-27)37-26/h4,10-12,14-16,18-19,21-23,25-28,30-32H,5-9H2,1-3H3/b13-4+/t11?,12-,14+,15?,16-,18+,19-,21-,22+,23-,25+,26+/m1/s1. The first-order chi connectivity index (χ1) is 18.1. The van der Waals surface area contributed by atoms with Crippen LogP contribution in [0, 0.1) is 29.6 Å². The van der Waals surface area contributed by atoms with Gasteiger partial charge in [-0.05, 0) is 31.1 Å². The van der Waals surface area contributed by atoms with Gasteiger partial charge >= 0.3 is 11.9 Å². The summed E-state index contributed by atoms with van der Waals surface area (Å²) < 4.78 is 28.1. The van der Waals surface area contributed by atoms with Gasteiger partial charge in [-0.1, -0.05) is 19.9 Å². The average Bonchev–Trinajstić information content (AvgIpc) is 3.18. The monoisotopic (exact) mass is 542 g/mol. The number of hydrogen-bond acceptors (Lipinski definition) is 12. The van der Waals surface area contributed by atoms with Crippen molar-refractivity contribution in [1.29, 1.82) is 0 Å². The third-order valence-electron chi connectivity index (χ3n) is 8.41. The molecule has 1 saturated carbocycles. The van der Waals surface area contributed by atoms with Crippen molar-refractivity contribution in [2.24, 2.45) is 29.6 Å². The highest BCUT2D eigenvalue weighted by molar-refractivity contribution is 5.91. The van der Waals surface area contributed by atoms with Gasteiger partial charge in [0.05, 0.1) is 44.2 Å². The number of ether oxygens (including phenoxy) is 5. The highest BCUT2D eigenvalue weighted by atomic mass is 16.8. The lowest BCUT2D eigenvalue weighted by atomic mass is 9.82. The summed E-state index contributed by atoms with van der Waals surface area (Å²) in [6, 6.07) is 0. The molecule has 12 atom stereocenters. The average molecular weight is 543 g/mol. The van der Waals surface area contributed by atoms with Crippen molar-refractivity contribution in [2.45, 2.75) is 76.7 Å². The van der Waals surface area contributed by atoms with E-state index >= 15 is 0 Å². The van der Waals surface area contributed by atoms with Gasteiger partial charge in [-0.3, -0.25) is 4.79 Å². The molecule has 1 aliphatic carbocycles. The molecule has 3 heterocycles. The smallest absolute Gasteiger partial charge is 0.337 e. The molecule has 4 aliphatic rings. The molecule has 2 unspecified atom stereocenters. The molecule has 3 fully saturated rings. The molecular formula is C26H38O12. The molecule has 38 heavy (non-hydrogen) atoms. The van der Waals surface area contributed by atoms with E-state index in [1.165, 1.54) is 0 Å². The van der Waals surface area contributed by atoms with Gasteiger partial charge in [0.1, 0.15) is 24.4 Å². The predicted molar refractivity (Wildman–Crippen MR) is 128 cm³/mol. The Morgan fingerprint density at radius 3 is 2.45 bits per heavy atom. The van der Waals surface area contributed by atoms with E-state index in [9.17, 15) is 35.1 Å². The number of allylic oxidation sites excluding steroid dienone is 1. The molecular weight excluding hydrogens is 504 g/mol. The fraction of sp³-hybridized carbons (Fsp3) is 0.769. The Labute approximate surface area is 220 Å². The molecule has 5 N–H and O–H groups in total. The van der Waals surface area contributed by atoms with Gasteiger partial charge < -0.3 is 49.2 Å². The molecule has 214 valence electrons. The minimum atomic E-state index is -1.66. The quantitative estimate of drug-likeness (QED) is 0.225. The Bertz CT molecular complexity index is 931. The lowest BCUT2D eigenvalue weighted by molar-refractivity contribution is -0.327. The molecule has 3 aliphatic heterocycles. The maximum Gasteiger partial charge on any atom is 0.337 e. The van der Waals surface area contributed by atoms with Crippen molar-refractivity contribution < 1.29 is 58.8 Å². The minimum absolute atomic E-state index is 0.0230. The van der Waals surface area contributed by atoms with Gasteiger partial charge in [0, 0.05) is 17.4 Å². The van der Waals surface area contributed by atoms with Gasteiger partial charge in [-0.15, -0.1) is 0 Å². The Hall–Kier alpha value is -2.06. The van der Waals surface area contributed by atoms with Crippen LogP contribution in [0.15, 0.2) is 23.5 Å². The highest BCUT2D eigenvalue weighted by Gasteiger charge is 2.48. The van der Waals surface area contributed by atoms with Crippen LogP contribution in [0.25, 0.3) is 0 Å². The number of carbonyl (C=O) groups is 2. The first-order valence-corrected chi connectivity index (χ1v) is 13.1. The zero-order chi connectivity index (χ0) is 27.7. The van der Waals surface area contributed by atoms with E-state index in [0.717, 1.165) is 6.26 Å². The second-order valence-electron chi connectivity index (χ2n) is 10.7. The van der Waals surface area contributed by atoms with Crippen LogP contribution in [-0.2, 0) is 33.3 Å². The lowest BCUT2D eigenvalue weighted by Gasteiger charge is -2.42. The van der Waals surface area contributed by atoms with Crippen LogP contribution in [0.3, 0.4) is 0 Å². The van der Waals surface area contributed by atoms with Gasteiger partial charge in [0.2, 0.25) is 6.29 Å². The van der Waals surface area contributed by atoms with Crippen molar-refractivity contribution in [3.63, 3.8) is 0 Å². The third-order valence-corrected chi connectivity index (χ3v) is 8.41. The van der Waals surface area contributed by atoms with Gasteiger partial charge in [0.25, 0.3) is 0 Å². The Morgan fingerprint density at radius 2 is 1.76 bits per heavy atom. The van der Waals surface area contributed by atoms with Crippen molar-refractivity contribution in [3.05, 3.63) is 23.5 Å². The second-order valence-corrected chi connectivity index (χ2v) is 10.7. The Balaban J connectivity index is 1.56. The van der Waals surface area contributed by atoms with Crippen LogP contribution in [0.4, 0.5) is 0 Å². The predicted octanol–water partition coefficient (Wildman–Crippen LogP) is -0.635. The molecule has 0 aromatic rings. The zero-order valence-corrected chi connectivity index (χ0v) is 21.7. The van der Waals surface area contributed by atoms with Crippen molar-refractivity contribution >= 4 is 11.9 Å². The second kappa shape index (κ2) is 12.0. The van der Waals surface area contributed by atoms with Crippen molar-refractivity contribution in [1.82, 2.24) is 0 Å². The molecule has 4 rings (SSSR count). The summed E-state index contributed by atoms with van der Waals surface area (Å²) in [6.45, 7) is 5.14. The molecule has 0 aromatic heterocycles. The molecule has 0 radical (unpaired) electrons. The summed E-state index contributed by atoms with van der Waals surface area (Å²) in [4.78, 5) is 26.1. The topological polar surface area (TPSA) is 181 Å². The molecule has 12 heteroatoms. The SMILES string of the molecule is C/C=C1\C2CC(=O)OC[C@@H]3[C@@H](C)[C@@H](O)C[C@H]3C(C)COC(=O)C2=CO[C@H]1O[C@@H]1O[C@H](CO)[C@@H](O)[C@H](O)[C@H]1O. The highest BCUT2D eigenvalue weighted by Crippen LogP contribution is 2.43. The summed E-state index contributed by atoms with van der Waals surface area (Å²) in [5.41, 5.74) is 0.453. The van der Waals surface area contributed by atoms with E-state index in [2.05, 4.69) is 0 Å². The summed E-state index contributed by atoms with van der Waals surface area (Å²) in [6.07, 6.45) is -6.23. The summed E-state index contributed by atoms with van der Waals surface area (Å²) in [5.74, 6) is -2.25. The minimum Gasteiger partial charge on any atom is -0.468 e. The molecule has 0 spiro atoms. The van der Waals surface area contributed by atoms with Crippen molar-refractivity contribution in [3.8, 4) is 0 Å². The number of rotatable bonds is 3. The van der Waals surface area contributed by atoms with Gasteiger partial charge in [-0.2, -0.15) is 0 Å². The van der Waals surface area contributed by atoms with Crippen LogP contribution in [0.1, 0.15) is 33.6 Å². The number of hydrogen-bond donors (Lipinski definition) is 5. The Morgan fingerprint density at radius 1 is 1.03 bits per heavy atom. The summed E-state index contributed by atoms with van der Waals surface area (Å²) in [5, 5.41) is 50.4. The van der Waals surface area contributed by atoms with E-state index in [1.807, 2.05) is 13.8 Å². The fourth-order valence-electron chi connectivity index (χ4n) is 5.91. The summed E-state index contributed by atoms with van der Waals surface area (Å²) in [7, 11) is 0. The maximum absolute atomic E-state index is 13.1. The molecule has 0 bridgehead atoms. The van der Waals surface area contributed by atoms with Crippen LogP contribution >= 0.6 is 0 Å². The maximum atomic E-state index is 13.1. The van der Waals surface area contributed by atoms with E-state index in [0.29, 0.717) is 12.0 Å². The van der Waals surface area contributed by atoms with Crippen LogP contribution in [0.2, 0.25) is 0 Å². The van der Waals surface area contributed by atoms with Gasteiger partial charge in [0.15, 0.2) is 6.29 Å². The number of aliphatic hydroxyl groups is 5. The van der Waals surface area contributed by atoms with Crippen LogP contribution < -0.4 is 0 Å². The zero-order valence-electron chi connectivity index (χ0n) is 21.7. The van der Waals surface area contributed by atoms with E-state index < -0.39 is 67.6 Å². The molecule has 2 saturated heterocycles. The molecule has 0 amide bonds. The molecule has 0 aromatic carbocycles. The third kappa shape index (κ3) is 5.62. The van der Waals surface area contributed by atoms with Crippen LogP contribution in [0.5, 0.6) is 0 Å². The number of cyclic esters (lactones) is 2. The lowest BCUT2D eigenvalue weighted by Crippen LogP contribution is -2.60. The fourth-order valence-corrected chi connectivity index (χ4v) is 5.91. The Kier molecular flexibility index (Phi) is 9.13. The first kappa shape index (κ1) is 28.9. The molecule has 12 nitrogen and oxygen atoms in total. The van der Waals surface area contributed by atoms with Crippen molar-refractivity contribution in [2.75, 3.05) is 19.8 Å². The largest absolute Gasteiger partial charge is 0.468 e. The van der Waals surface area contributed by atoms with E-state index in [1.54, 1.807) is 13.0 Å². The number of aliphatic hydroxyl groups excluding tert-OH is 5. The van der Waals surface area contributed by atoms with Gasteiger partial charge in [-0.25, -0.2) is 4.79 Å². The number of fused-ring (bicyclic) bond motifs is 2. The van der Waals surface area contributed by atoms with Crippen LogP contribution in [-0.4, -0.2) is 100 Å².